The van der Waals surface area contributed by atoms with Gasteiger partial charge in [0.25, 0.3) is 0 Å². The standard InChI is InChI=1S/C14H15F6N/c15-13(16,17)11-6-4-10(5-7-11)9-21-8-2-1-3-12(21)14(18,19)20/h4-7,12H,1-3,8-9H2. The Hall–Kier alpha value is -1.24. The maximum Gasteiger partial charge on any atom is 0.416 e. The van der Waals surface area contributed by atoms with Crippen molar-refractivity contribution in [2.24, 2.45) is 0 Å². The molecular weight excluding hydrogens is 296 g/mol. The van der Waals surface area contributed by atoms with Gasteiger partial charge in [-0.05, 0) is 37.1 Å². The highest BCUT2D eigenvalue weighted by Crippen LogP contribution is 2.33. The molecule has 0 radical (unpaired) electrons. The van der Waals surface area contributed by atoms with E-state index in [0.717, 1.165) is 12.1 Å². The molecule has 1 fully saturated rings. The summed E-state index contributed by atoms with van der Waals surface area (Å²) in [6.07, 6.45) is -7.49. The molecule has 1 saturated heterocycles. The lowest BCUT2D eigenvalue weighted by Crippen LogP contribution is -2.48. The molecule has 1 nitrogen and oxygen atoms in total. The summed E-state index contributed by atoms with van der Waals surface area (Å²) in [5.74, 6) is 0. The average molecular weight is 311 g/mol. The van der Waals surface area contributed by atoms with Gasteiger partial charge in [0.05, 0.1) is 5.56 Å². The van der Waals surface area contributed by atoms with Crippen molar-refractivity contribution < 1.29 is 26.3 Å². The Morgan fingerprint density at radius 1 is 0.952 bits per heavy atom. The molecule has 1 aromatic rings. The number of rotatable bonds is 2. The molecule has 1 heterocycles. The summed E-state index contributed by atoms with van der Waals surface area (Å²) >= 11 is 0. The first-order valence-corrected chi connectivity index (χ1v) is 6.65. The van der Waals surface area contributed by atoms with E-state index in [-0.39, 0.29) is 13.0 Å². The first-order chi connectivity index (χ1) is 9.68. The van der Waals surface area contributed by atoms with Crippen molar-refractivity contribution in [3.05, 3.63) is 35.4 Å². The first-order valence-electron chi connectivity index (χ1n) is 6.65. The zero-order valence-electron chi connectivity index (χ0n) is 11.1. The number of hydrogen-bond acceptors (Lipinski definition) is 1. The third-order valence-electron chi connectivity index (χ3n) is 3.66. The number of piperidine rings is 1. The first kappa shape index (κ1) is 16.1. The number of halogens is 6. The normalized spacial score (nSPS) is 21.5. The Morgan fingerprint density at radius 3 is 2.10 bits per heavy atom. The van der Waals surface area contributed by atoms with Crippen LogP contribution in [0.3, 0.4) is 0 Å². The Kier molecular flexibility index (Phi) is 4.51. The molecule has 21 heavy (non-hydrogen) atoms. The molecular formula is C14H15F6N. The van der Waals surface area contributed by atoms with Crippen molar-refractivity contribution in [3.63, 3.8) is 0 Å². The number of likely N-dealkylation sites (tertiary alicyclic amines) is 1. The van der Waals surface area contributed by atoms with Crippen LogP contribution in [-0.2, 0) is 12.7 Å². The molecule has 0 spiro atoms. The molecule has 1 aliphatic heterocycles. The predicted octanol–water partition coefficient (Wildman–Crippen LogP) is 4.62. The Balaban J connectivity index is 2.09. The maximum absolute atomic E-state index is 12.9. The molecule has 1 atom stereocenters. The van der Waals surface area contributed by atoms with Gasteiger partial charge in [0.2, 0.25) is 0 Å². The minimum Gasteiger partial charge on any atom is -0.288 e. The van der Waals surface area contributed by atoms with Gasteiger partial charge in [-0.2, -0.15) is 26.3 Å². The van der Waals surface area contributed by atoms with Gasteiger partial charge < -0.3 is 0 Å². The highest BCUT2D eigenvalue weighted by atomic mass is 19.4. The van der Waals surface area contributed by atoms with Gasteiger partial charge in [0.1, 0.15) is 6.04 Å². The molecule has 118 valence electrons. The predicted molar refractivity (Wildman–Crippen MR) is 65.5 cm³/mol. The van der Waals surface area contributed by atoms with E-state index in [4.69, 9.17) is 0 Å². The topological polar surface area (TPSA) is 3.24 Å². The lowest BCUT2D eigenvalue weighted by Gasteiger charge is -2.36. The van der Waals surface area contributed by atoms with Crippen molar-refractivity contribution >= 4 is 0 Å². The van der Waals surface area contributed by atoms with Gasteiger partial charge in [-0.3, -0.25) is 4.90 Å². The molecule has 2 rings (SSSR count). The third kappa shape index (κ3) is 4.12. The van der Waals surface area contributed by atoms with E-state index < -0.39 is 24.0 Å². The molecule has 0 saturated carbocycles. The van der Waals surface area contributed by atoms with Crippen LogP contribution in [0.15, 0.2) is 24.3 Å². The van der Waals surface area contributed by atoms with E-state index >= 15 is 0 Å². The van der Waals surface area contributed by atoms with Gasteiger partial charge in [0.15, 0.2) is 0 Å². The lowest BCUT2D eigenvalue weighted by molar-refractivity contribution is -0.192. The number of nitrogens with zero attached hydrogens (tertiary/aromatic N) is 1. The second-order valence-electron chi connectivity index (χ2n) is 5.22. The molecule has 0 N–H and O–H groups in total. The largest absolute Gasteiger partial charge is 0.416 e. The third-order valence-corrected chi connectivity index (χ3v) is 3.66. The Bertz CT molecular complexity index is 462. The summed E-state index contributed by atoms with van der Waals surface area (Å²) in [4.78, 5) is 1.30. The fourth-order valence-electron chi connectivity index (χ4n) is 2.58. The summed E-state index contributed by atoms with van der Waals surface area (Å²) < 4.78 is 76.1. The van der Waals surface area contributed by atoms with Crippen LogP contribution in [0.2, 0.25) is 0 Å². The summed E-state index contributed by atoms with van der Waals surface area (Å²) in [6.45, 7) is 0.327. The minimum atomic E-state index is -4.43. The zero-order chi connectivity index (χ0) is 15.7. The van der Waals surface area contributed by atoms with Crippen LogP contribution >= 0.6 is 0 Å². The number of benzene rings is 1. The molecule has 0 aliphatic carbocycles. The fourth-order valence-corrected chi connectivity index (χ4v) is 2.58. The maximum atomic E-state index is 12.9. The Labute approximate surface area is 118 Å². The monoisotopic (exact) mass is 311 g/mol. The molecule has 0 amide bonds. The zero-order valence-corrected chi connectivity index (χ0v) is 11.1. The van der Waals surface area contributed by atoms with E-state index in [2.05, 4.69) is 0 Å². The van der Waals surface area contributed by atoms with E-state index in [0.29, 0.717) is 24.9 Å². The SMILES string of the molecule is FC(F)(F)c1ccc(CN2CCCCC2C(F)(F)F)cc1. The van der Waals surface area contributed by atoms with Crippen LogP contribution in [0.1, 0.15) is 30.4 Å². The highest BCUT2D eigenvalue weighted by molar-refractivity contribution is 5.24. The molecule has 1 aliphatic rings. The minimum absolute atomic E-state index is 0.0162. The van der Waals surface area contributed by atoms with Crippen LogP contribution in [0, 0.1) is 0 Å². The van der Waals surface area contributed by atoms with Crippen LogP contribution in [0.5, 0.6) is 0 Å². The van der Waals surface area contributed by atoms with Crippen molar-refractivity contribution in [2.75, 3.05) is 6.54 Å². The summed E-state index contributed by atoms with van der Waals surface area (Å²) in [6, 6.07) is 2.79. The van der Waals surface area contributed by atoms with Gasteiger partial charge in [0, 0.05) is 6.54 Å². The quantitative estimate of drug-likeness (QED) is 0.720. The fraction of sp³-hybridized carbons (Fsp3) is 0.571. The van der Waals surface area contributed by atoms with Crippen molar-refractivity contribution in [3.8, 4) is 0 Å². The van der Waals surface area contributed by atoms with E-state index in [1.54, 1.807) is 0 Å². The number of hydrogen-bond donors (Lipinski definition) is 0. The van der Waals surface area contributed by atoms with Gasteiger partial charge in [-0.1, -0.05) is 18.6 Å². The molecule has 0 bridgehead atoms. The van der Waals surface area contributed by atoms with E-state index in [9.17, 15) is 26.3 Å². The van der Waals surface area contributed by atoms with Crippen LogP contribution < -0.4 is 0 Å². The summed E-state index contributed by atoms with van der Waals surface area (Å²) in [5, 5.41) is 0. The summed E-state index contributed by atoms with van der Waals surface area (Å²) in [7, 11) is 0. The van der Waals surface area contributed by atoms with Crippen molar-refractivity contribution in [1.82, 2.24) is 4.90 Å². The summed E-state index contributed by atoms with van der Waals surface area (Å²) in [5.41, 5.74) is -0.337. The number of alkyl halides is 6. The van der Waals surface area contributed by atoms with Crippen LogP contribution in [0.25, 0.3) is 0 Å². The van der Waals surface area contributed by atoms with E-state index in [1.807, 2.05) is 0 Å². The smallest absolute Gasteiger partial charge is 0.288 e. The van der Waals surface area contributed by atoms with E-state index in [1.165, 1.54) is 17.0 Å². The second kappa shape index (κ2) is 5.87. The van der Waals surface area contributed by atoms with Crippen LogP contribution in [0.4, 0.5) is 26.3 Å². The molecule has 7 heteroatoms. The van der Waals surface area contributed by atoms with Crippen molar-refractivity contribution in [2.45, 2.75) is 44.2 Å². The average Bonchev–Trinajstić information content (AvgIpc) is 2.37. The molecule has 1 aromatic carbocycles. The van der Waals surface area contributed by atoms with Crippen LogP contribution in [-0.4, -0.2) is 23.7 Å². The van der Waals surface area contributed by atoms with Gasteiger partial charge in [-0.15, -0.1) is 0 Å². The molecule has 0 aromatic heterocycles. The lowest BCUT2D eigenvalue weighted by atomic mass is 10.0. The highest BCUT2D eigenvalue weighted by Gasteiger charge is 2.44. The van der Waals surface area contributed by atoms with Crippen molar-refractivity contribution in [1.29, 1.82) is 0 Å². The van der Waals surface area contributed by atoms with Gasteiger partial charge >= 0.3 is 12.4 Å². The Morgan fingerprint density at radius 2 is 1.57 bits per heavy atom. The second-order valence-corrected chi connectivity index (χ2v) is 5.22. The molecule has 1 unspecified atom stereocenters. The van der Waals surface area contributed by atoms with Gasteiger partial charge in [-0.25, -0.2) is 0 Å².